The van der Waals surface area contributed by atoms with E-state index in [2.05, 4.69) is 16.6 Å². The Kier molecular flexibility index (Phi) is 6.92. The van der Waals surface area contributed by atoms with E-state index in [1.54, 1.807) is 0 Å². The number of carbonyl (C=O) groups excluding carboxylic acids is 3. The fourth-order valence-electron chi connectivity index (χ4n) is 2.00. The topological polar surface area (TPSA) is 84.5 Å². The van der Waals surface area contributed by atoms with Gasteiger partial charge in [-0.2, -0.15) is 0 Å². The van der Waals surface area contributed by atoms with Crippen LogP contribution in [0.25, 0.3) is 0 Å². The molecule has 2 aromatic carbocycles. The predicted octanol–water partition coefficient (Wildman–Crippen LogP) is 2.64. The number of esters is 1. The summed E-state index contributed by atoms with van der Waals surface area (Å²) < 4.78 is 17.9. The zero-order valence-corrected chi connectivity index (χ0v) is 14.7. The summed E-state index contributed by atoms with van der Waals surface area (Å²) in [4.78, 5) is 36.0. The van der Waals surface area contributed by atoms with Gasteiger partial charge in [0.1, 0.15) is 5.82 Å². The van der Waals surface area contributed by atoms with Crippen molar-refractivity contribution in [3.63, 3.8) is 0 Å². The normalized spacial score (nSPS) is 9.81. The van der Waals surface area contributed by atoms with Gasteiger partial charge in [0.2, 0.25) is 0 Å². The molecule has 0 saturated heterocycles. The highest BCUT2D eigenvalue weighted by molar-refractivity contribution is 6.31. The molecule has 0 aliphatic rings. The fourth-order valence-corrected chi connectivity index (χ4v) is 2.18. The summed E-state index contributed by atoms with van der Waals surface area (Å²) in [5.74, 6) is -0.239. The average Bonchev–Trinajstić information content (AvgIpc) is 2.65. The van der Waals surface area contributed by atoms with Gasteiger partial charge in [-0.3, -0.25) is 9.59 Å². The predicted molar refractivity (Wildman–Crippen MR) is 97.9 cm³/mol. The minimum absolute atomic E-state index is 0.000360. The third-order valence-electron chi connectivity index (χ3n) is 3.28. The number of terminal acetylenes is 1. The van der Waals surface area contributed by atoms with E-state index in [1.165, 1.54) is 30.3 Å². The molecule has 0 saturated carbocycles. The molecule has 0 bridgehead atoms. The lowest BCUT2D eigenvalue weighted by Gasteiger charge is -2.11. The molecule has 0 fully saturated rings. The largest absolute Gasteiger partial charge is 0.452 e. The van der Waals surface area contributed by atoms with E-state index in [4.69, 9.17) is 22.8 Å². The lowest BCUT2D eigenvalue weighted by atomic mass is 10.1. The van der Waals surface area contributed by atoms with Gasteiger partial charge < -0.3 is 15.4 Å². The lowest BCUT2D eigenvalue weighted by molar-refractivity contribution is -0.123. The molecule has 0 unspecified atom stereocenters. The number of ether oxygens (including phenoxy) is 1. The highest BCUT2D eigenvalue weighted by Gasteiger charge is 2.17. The Hall–Kier alpha value is -3.37. The van der Waals surface area contributed by atoms with Crippen molar-refractivity contribution in [1.82, 2.24) is 5.32 Å². The second-order valence-corrected chi connectivity index (χ2v) is 5.64. The molecule has 27 heavy (non-hydrogen) atoms. The summed E-state index contributed by atoms with van der Waals surface area (Å²) >= 11 is 5.92. The number of anilines is 1. The summed E-state index contributed by atoms with van der Waals surface area (Å²) in [6.45, 7) is -0.523. The van der Waals surface area contributed by atoms with Crippen LogP contribution in [0.2, 0.25) is 5.02 Å². The van der Waals surface area contributed by atoms with Crippen LogP contribution < -0.4 is 10.6 Å². The molecule has 6 nitrogen and oxygen atoms in total. The zero-order chi connectivity index (χ0) is 19.8. The van der Waals surface area contributed by atoms with E-state index in [-0.39, 0.29) is 28.4 Å². The van der Waals surface area contributed by atoms with Gasteiger partial charge in [0.15, 0.2) is 6.61 Å². The first-order chi connectivity index (χ1) is 12.9. The maximum absolute atomic E-state index is 13.0. The van der Waals surface area contributed by atoms with Crippen LogP contribution in [0.5, 0.6) is 0 Å². The number of rotatable bonds is 6. The number of nitrogens with one attached hydrogen (secondary N) is 2. The summed E-state index contributed by atoms with van der Waals surface area (Å²) in [6, 6.07) is 9.01. The molecule has 2 N–H and O–H groups in total. The van der Waals surface area contributed by atoms with Gasteiger partial charge in [-0.1, -0.05) is 17.5 Å². The fraction of sp³-hybridized carbons (Fsp3) is 0.105. The van der Waals surface area contributed by atoms with E-state index >= 15 is 0 Å². The molecule has 0 radical (unpaired) electrons. The van der Waals surface area contributed by atoms with Crippen molar-refractivity contribution in [2.75, 3.05) is 18.5 Å². The molecule has 8 heteroatoms. The van der Waals surface area contributed by atoms with Gasteiger partial charge in [-0.15, -0.1) is 6.42 Å². The molecular formula is C19H14ClFN2O4. The number of carbonyl (C=O) groups is 3. The Balaban J connectivity index is 2.12. The minimum atomic E-state index is -0.836. The Morgan fingerprint density at radius 1 is 1.15 bits per heavy atom. The van der Waals surface area contributed by atoms with Crippen LogP contribution in [0.3, 0.4) is 0 Å². The molecule has 0 heterocycles. The summed E-state index contributed by atoms with van der Waals surface area (Å²) in [5, 5.41) is 5.13. The van der Waals surface area contributed by atoms with Crippen molar-refractivity contribution in [2.24, 2.45) is 0 Å². The van der Waals surface area contributed by atoms with Gasteiger partial charge in [-0.05, 0) is 42.5 Å². The van der Waals surface area contributed by atoms with E-state index < -0.39 is 30.2 Å². The monoisotopic (exact) mass is 388 g/mol. The van der Waals surface area contributed by atoms with Crippen LogP contribution in [0.15, 0.2) is 42.5 Å². The third-order valence-corrected chi connectivity index (χ3v) is 3.51. The van der Waals surface area contributed by atoms with Crippen LogP contribution in [0, 0.1) is 18.2 Å². The third kappa shape index (κ3) is 5.83. The first-order valence-corrected chi connectivity index (χ1v) is 8.02. The van der Waals surface area contributed by atoms with Gasteiger partial charge in [0, 0.05) is 10.6 Å². The molecule has 2 rings (SSSR count). The van der Waals surface area contributed by atoms with Crippen LogP contribution in [0.1, 0.15) is 20.7 Å². The minimum Gasteiger partial charge on any atom is -0.452 e. The van der Waals surface area contributed by atoms with Crippen molar-refractivity contribution in [1.29, 1.82) is 0 Å². The Morgan fingerprint density at radius 2 is 1.85 bits per heavy atom. The summed E-state index contributed by atoms with van der Waals surface area (Å²) in [7, 11) is 0. The van der Waals surface area contributed by atoms with Crippen molar-refractivity contribution < 1.29 is 23.5 Å². The maximum Gasteiger partial charge on any atom is 0.340 e. The molecule has 0 aliphatic heterocycles. The SMILES string of the molecule is C#CCNC(=O)COC(=O)c1ccc(Cl)cc1NC(=O)c1ccc(F)cc1. The molecular weight excluding hydrogens is 375 g/mol. The van der Waals surface area contributed by atoms with Crippen molar-refractivity contribution in [2.45, 2.75) is 0 Å². The molecule has 138 valence electrons. The molecule has 0 aliphatic carbocycles. The number of amides is 2. The smallest absolute Gasteiger partial charge is 0.340 e. The quantitative estimate of drug-likeness (QED) is 0.588. The summed E-state index contributed by atoms with van der Waals surface area (Å²) in [5.41, 5.74) is 0.273. The average molecular weight is 389 g/mol. The Labute approximate surface area is 159 Å². The van der Waals surface area contributed by atoms with Crippen LogP contribution in [0.4, 0.5) is 10.1 Å². The summed E-state index contributed by atoms with van der Waals surface area (Å²) in [6.07, 6.45) is 5.01. The molecule has 0 aromatic heterocycles. The molecule has 2 aromatic rings. The highest BCUT2D eigenvalue weighted by Crippen LogP contribution is 2.23. The highest BCUT2D eigenvalue weighted by atomic mass is 35.5. The van der Waals surface area contributed by atoms with Crippen LogP contribution >= 0.6 is 11.6 Å². The lowest BCUT2D eigenvalue weighted by Crippen LogP contribution is -2.29. The standard InChI is InChI=1S/C19H14ClFN2O4/c1-2-9-22-17(24)11-27-19(26)15-8-5-13(20)10-16(15)23-18(25)12-3-6-14(21)7-4-12/h1,3-8,10H,9,11H2,(H,22,24)(H,23,25). The van der Waals surface area contributed by atoms with Crippen molar-refractivity contribution in [3.8, 4) is 12.3 Å². The van der Waals surface area contributed by atoms with Crippen LogP contribution in [-0.4, -0.2) is 30.9 Å². The number of halogens is 2. The number of benzene rings is 2. The van der Waals surface area contributed by atoms with Gasteiger partial charge >= 0.3 is 5.97 Å². The van der Waals surface area contributed by atoms with E-state index in [0.717, 1.165) is 12.1 Å². The van der Waals surface area contributed by atoms with Gasteiger partial charge in [-0.25, -0.2) is 9.18 Å². The van der Waals surface area contributed by atoms with E-state index in [1.807, 2.05) is 0 Å². The number of hydrogen-bond donors (Lipinski definition) is 2. The number of hydrogen-bond acceptors (Lipinski definition) is 4. The first kappa shape index (κ1) is 19.9. The van der Waals surface area contributed by atoms with Gasteiger partial charge in [0.05, 0.1) is 17.8 Å². The molecule has 2 amide bonds. The zero-order valence-electron chi connectivity index (χ0n) is 13.9. The van der Waals surface area contributed by atoms with Crippen LogP contribution in [-0.2, 0) is 9.53 Å². The van der Waals surface area contributed by atoms with Crippen molar-refractivity contribution in [3.05, 3.63) is 64.4 Å². The Morgan fingerprint density at radius 3 is 2.52 bits per heavy atom. The van der Waals surface area contributed by atoms with Crippen molar-refractivity contribution >= 4 is 35.1 Å². The second kappa shape index (κ2) is 9.36. The first-order valence-electron chi connectivity index (χ1n) is 7.64. The van der Waals surface area contributed by atoms with Gasteiger partial charge in [0.25, 0.3) is 11.8 Å². The van der Waals surface area contributed by atoms with E-state index in [0.29, 0.717) is 0 Å². The molecule has 0 spiro atoms. The maximum atomic E-state index is 13.0. The Bertz CT molecular complexity index is 907. The van der Waals surface area contributed by atoms with E-state index in [9.17, 15) is 18.8 Å². The molecule has 0 atom stereocenters. The second-order valence-electron chi connectivity index (χ2n) is 5.21.